The average molecular weight is 353 g/mol. The first-order chi connectivity index (χ1) is 11.2. The molecule has 6 nitrogen and oxygen atoms in total. The number of rotatable bonds is 5. The fraction of sp³-hybridized carbons (Fsp3) is 0.188. The van der Waals surface area contributed by atoms with E-state index in [-0.39, 0.29) is 16.2 Å². The third-order valence-electron chi connectivity index (χ3n) is 3.34. The largest absolute Gasteiger partial charge is 0.496 e. The van der Waals surface area contributed by atoms with Gasteiger partial charge in [0.1, 0.15) is 23.2 Å². The number of primary sulfonamides is 1. The molecular formula is C16H16FNO5S. The van der Waals surface area contributed by atoms with Gasteiger partial charge in [-0.15, -0.1) is 0 Å². The van der Waals surface area contributed by atoms with Crippen LogP contribution in [0.2, 0.25) is 0 Å². The lowest BCUT2D eigenvalue weighted by Gasteiger charge is -2.15. The Balaban J connectivity index is 2.29. The van der Waals surface area contributed by atoms with Crippen LogP contribution in [0.25, 0.3) is 0 Å². The number of benzene rings is 2. The Hall–Kier alpha value is -2.45. The van der Waals surface area contributed by atoms with Crippen molar-refractivity contribution < 1.29 is 27.1 Å². The van der Waals surface area contributed by atoms with Crippen molar-refractivity contribution in [1.82, 2.24) is 0 Å². The second-order valence-corrected chi connectivity index (χ2v) is 6.57. The molecule has 8 heteroatoms. The van der Waals surface area contributed by atoms with Crippen molar-refractivity contribution >= 4 is 16.0 Å². The molecule has 0 saturated heterocycles. The number of hydrogen-bond donors (Lipinski definition) is 1. The fourth-order valence-corrected chi connectivity index (χ4v) is 2.59. The summed E-state index contributed by atoms with van der Waals surface area (Å²) < 4.78 is 46.2. The molecule has 0 aromatic heterocycles. The third-order valence-corrected chi connectivity index (χ3v) is 4.25. The Morgan fingerprint density at radius 1 is 1.17 bits per heavy atom. The van der Waals surface area contributed by atoms with Gasteiger partial charge in [-0.05, 0) is 42.8 Å². The SMILES string of the molecule is COc1ccc(S(N)(=O)=O)cc1C(=O)O[C@@H](C)c1ccc(F)cc1. The molecule has 2 rings (SSSR count). The zero-order chi connectivity index (χ0) is 17.9. The monoisotopic (exact) mass is 353 g/mol. The van der Waals surface area contributed by atoms with Crippen LogP contribution in [0.4, 0.5) is 4.39 Å². The van der Waals surface area contributed by atoms with Crippen molar-refractivity contribution in [2.75, 3.05) is 7.11 Å². The number of carbonyl (C=O) groups excluding carboxylic acids is 1. The molecule has 0 aliphatic heterocycles. The molecule has 2 aromatic carbocycles. The summed E-state index contributed by atoms with van der Waals surface area (Å²) in [6.07, 6.45) is -0.666. The first-order valence-corrected chi connectivity index (χ1v) is 8.44. The van der Waals surface area contributed by atoms with Crippen LogP contribution in [-0.2, 0) is 14.8 Å². The van der Waals surface area contributed by atoms with Gasteiger partial charge in [0, 0.05) is 0 Å². The molecule has 0 heterocycles. The zero-order valence-electron chi connectivity index (χ0n) is 13.0. The lowest BCUT2D eigenvalue weighted by atomic mass is 10.1. The van der Waals surface area contributed by atoms with Crippen molar-refractivity contribution in [3.8, 4) is 5.75 Å². The second-order valence-electron chi connectivity index (χ2n) is 5.01. The van der Waals surface area contributed by atoms with E-state index < -0.39 is 27.9 Å². The maximum atomic E-state index is 12.9. The molecule has 1 atom stereocenters. The Kier molecular flexibility index (Phi) is 5.20. The minimum Gasteiger partial charge on any atom is -0.496 e. The maximum absolute atomic E-state index is 12.9. The van der Waals surface area contributed by atoms with Gasteiger partial charge in [0.2, 0.25) is 10.0 Å². The Labute approximate surface area is 139 Å². The van der Waals surface area contributed by atoms with Crippen LogP contribution in [0.3, 0.4) is 0 Å². The predicted octanol–water partition coefficient (Wildman–Crippen LogP) is 2.40. The van der Waals surface area contributed by atoms with Crippen LogP contribution < -0.4 is 9.88 Å². The van der Waals surface area contributed by atoms with Crippen molar-refractivity contribution in [2.24, 2.45) is 5.14 Å². The molecule has 2 N–H and O–H groups in total. The highest BCUT2D eigenvalue weighted by Gasteiger charge is 2.21. The average Bonchev–Trinajstić information content (AvgIpc) is 2.53. The molecule has 0 aliphatic carbocycles. The highest BCUT2D eigenvalue weighted by atomic mass is 32.2. The molecule has 128 valence electrons. The van der Waals surface area contributed by atoms with Gasteiger partial charge in [-0.3, -0.25) is 0 Å². The summed E-state index contributed by atoms with van der Waals surface area (Å²) in [6.45, 7) is 1.61. The van der Waals surface area contributed by atoms with Crippen molar-refractivity contribution in [3.05, 3.63) is 59.4 Å². The quantitative estimate of drug-likeness (QED) is 0.833. The van der Waals surface area contributed by atoms with E-state index in [4.69, 9.17) is 14.6 Å². The molecule has 0 amide bonds. The van der Waals surface area contributed by atoms with Gasteiger partial charge >= 0.3 is 5.97 Å². The summed E-state index contributed by atoms with van der Waals surface area (Å²) in [5.41, 5.74) is 0.518. The summed E-state index contributed by atoms with van der Waals surface area (Å²) in [4.78, 5) is 12.1. The van der Waals surface area contributed by atoms with Crippen LogP contribution in [0.1, 0.15) is 28.9 Å². The normalized spacial score (nSPS) is 12.5. The number of esters is 1. The van der Waals surface area contributed by atoms with E-state index in [9.17, 15) is 17.6 Å². The highest BCUT2D eigenvalue weighted by Crippen LogP contribution is 2.26. The number of hydrogen-bond acceptors (Lipinski definition) is 5. The molecule has 0 aliphatic rings. The van der Waals surface area contributed by atoms with E-state index in [2.05, 4.69) is 0 Å². The van der Waals surface area contributed by atoms with Gasteiger partial charge in [0.15, 0.2) is 0 Å². The number of methoxy groups -OCH3 is 1. The van der Waals surface area contributed by atoms with Crippen molar-refractivity contribution in [1.29, 1.82) is 0 Å². The Bertz CT molecular complexity index is 849. The molecular weight excluding hydrogens is 337 g/mol. The minimum atomic E-state index is -3.97. The second kappa shape index (κ2) is 6.98. The van der Waals surface area contributed by atoms with Gasteiger partial charge in [0.25, 0.3) is 0 Å². The van der Waals surface area contributed by atoms with E-state index >= 15 is 0 Å². The molecule has 0 spiro atoms. The summed E-state index contributed by atoms with van der Waals surface area (Å²) >= 11 is 0. The fourth-order valence-electron chi connectivity index (χ4n) is 2.05. The molecule has 0 saturated carbocycles. The van der Waals surface area contributed by atoms with Crippen LogP contribution in [0, 0.1) is 5.82 Å². The van der Waals surface area contributed by atoms with Crippen molar-refractivity contribution in [3.63, 3.8) is 0 Å². The topological polar surface area (TPSA) is 95.7 Å². The van der Waals surface area contributed by atoms with Crippen LogP contribution in [0.5, 0.6) is 5.75 Å². The van der Waals surface area contributed by atoms with E-state index in [0.717, 1.165) is 6.07 Å². The van der Waals surface area contributed by atoms with Crippen LogP contribution in [-0.4, -0.2) is 21.5 Å². The number of halogens is 1. The number of nitrogens with two attached hydrogens (primary N) is 1. The molecule has 2 aromatic rings. The van der Waals surface area contributed by atoms with Gasteiger partial charge in [-0.25, -0.2) is 22.7 Å². The van der Waals surface area contributed by atoms with E-state index in [1.807, 2.05) is 0 Å². The smallest absolute Gasteiger partial charge is 0.342 e. The summed E-state index contributed by atoms with van der Waals surface area (Å²) in [6, 6.07) is 9.13. The lowest BCUT2D eigenvalue weighted by Crippen LogP contribution is -2.15. The lowest BCUT2D eigenvalue weighted by molar-refractivity contribution is 0.0334. The molecule has 0 radical (unpaired) electrons. The first-order valence-electron chi connectivity index (χ1n) is 6.89. The minimum absolute atomic E-state index is 0.0713. The van der Waals surface area contributed by atoms with E-state index in [1.54, 1.807) is 6.92 Å². The van der Waals surface area contributed by atoms with Gasteiger partial charge < -0.3 is 9.47 Å². The van der Waals surface area contributed by atoms with Crippen LogP contribution in [0.15, 0.2) is 47.4 Å². The zero-order valence-corrected chi connectivity index (χ0v) is 13.8. The standard InChI is InChI=1S/C16H16FNO5S/c1-10(11-3-5-12(17)6-4-11)23-16(19)14-9-13(24(18,20)21)7-8-15(14)22-2/h3-10H,1-2H3,(H2,18,20,21)/t10-/m0/s1. The molecule has 0 unspecified atom stereocenters. The number of carbonyl (C=O) groups is 1. The van der Waals surface area contributed by atoms with E-state index in [1.165, 1.54) is 43.5 Å². The summed E-state index contributed by atoms with van der Waals surface area (Å²) in [5, 5.41) is 5.07. The Morgan fingerprint density at radius 2 is 1.79 bits per heavy atom. The van der Waals surface area contributed by atoms with Gasteiger partial charge in [0.05, 0.1) is 12.0 Å². The molecule has 0 fully saturated rings. The van der Waals surface area contributed by atoms with Gasteiger partial charge in [-0.2, -0.15) is 0 Å². The predicted molar refractivity (Wildman–Crippen MR) is 84.6 cm³/mol. The molecule has 0 bridgehead atoms. The van der Waals surface area contributed by atoms with Crippen LogP contribution >= 0.6 is 0 Å². The summed E-state index contributed by atoms with van der Waals surface area (Å²) in [5.74, 6) is -1.03. The van der Waals surface area contributed by atoms with Gasteiger partial charge in [-0.1, -0.05) is 12.1 Å². The first kappa shape index (κ1) is 17.9. The van der Waals surface area contributed by atoms with E-state index in [0.29, 0.717) is 5.56 Å². The molecule has 24 heavy (non-hydrogen) atoms. The highest BCUT2D eigenvalue weighted by molar-refractivity contribution is 7.89. The maximum Gasteiger partial charge on any atom is 0.342 e. The third kappa shape index (κ3) is 4.09. The van der Waals surface area contributed by atoms with Crippen molar-refractivity contribution in [2.45, 2.75) is 17.9 Å². The Morgan fingerprint density at radius 3 is 2.33 bits per heavy atom. The number of sulfonamides is 1. The number of ether oxygens (including phenoxy) is 2. The summed E-state index contributed by atoms with van der Waals surface area (Å²) in [7, 11) is -2.63.